The molecule has 2 rings (SSSR count). The van der Waals surface area contributed by atoms with Crippen LogP contribution in [-0.4, -0.2) is 25.0 Å². The van der Waals surface area contributed by atoms with E-state index in [1.54, 1.807) is 19.2 Å². The van der Waals surface area contributed by atoms with Crippen LogP contribution in [0, 0.1) is 6.92 Å². The van der Waals surface area contributed by atoms with Crippen molar-refractivity contribution >= 4 is 23.2 Å². The number of hydrogen-bond donors (Lipinski definition) is 3. The van der Waals surface area contributed by atoms with Crippen LogP contribution in [0.5, 0.6) is 0 Å². The molecule has 0 bridgehead atoms. The minimum Gasteiger partial charge on any atom is -0.454 e. The van der Waals surface area contributed by atoms with Gasteiger partial charge < -0.3 is 20.8 Å². The standard InChI is InChI=1S/C16H22N4O2S/c1-10(8-13-6-4-11(2)23-13)20-16(18-3)19-9-12-5-7-14(22-12)15(17)21/h4-7,10H,8-9H2,1-3H3,(H2,17,21)(H2,18,19,20). The SMILES string of the molecule is CN=C(NCc1ccc(C(N)=O)o1)NC(C)Cc1ccc(C)s1. The molecule has 1 atom stereocenters. The Morgan fingerprint density at radius 3 is 2.74 bits per heavy atom. The molecule has 0 aromatic carbocycles. The highest BCUT2D eigenvalue weighted by Gasteiger charge is 2.10. The van der Waals surface area contributed by atoms with Crippen LogP contribution in [0.2, 0.25) is 0 Å². The molecule has 0 fully saturated rings. The van der Waals surface area contributed by atoms with E-state index in [9.17, 15) is 4.79 Å². The molecule has 0 aliphatic carbocycles. The third kappa shape index (κ3) is 5.14. The Kier molecular flexibility index (Phi) is 5.81. The van der Waals surface area contributed by atoms with Crippen molar-refractivity contribution in [2.75, 3.05) is 7.05 Å². The van der Waals surface area contributed by atoms with Crippen molar-refractivity contribution in [1.82, 2.24) is 10.6 Å². The summed E-state index contributed by atoms with van der Waals surface area (Å²) in [7, 11) is 1.72. The van der Waals surface area contributed by atoms with Crippen molar-refractivity contribution < 1.29 is 9.21 Å². The van der Waals surface area contributed by atoms with Gasteiger partial charge in [-0.15, -0.1) is 11.3 Å². The van der Waals surface area contributed by atoms with Crippen molar-refractivity contribution in [2.45, 2.75) is 32.9 Å². The summed E-state index contributed by atoms with van der Waals surface area (Å²) in [5.74, 6) is 0.899. The predicted molar refractivity (Wildman–Crippen MR) is 92.8 cm³/mol. The van der Waals surface area contributed by atoms with E-state index >= 15 is 0 Å². The lowest BCUT2D eigenvalue weighted by Crippen LogP contribution is -2.42. The van der Waals surface area contributed by atoms with E-state index in [0.29, 0.717) is 18.3 Å². The first-order chi connectivity index (χ1) is 11.0. The number of thiophene rings is 1. The van der Waals surface area contributed by atoms with Gasteiger partial charge in [-0.05, 0) is 38.1 Å². The number of aliphatic imine (C=N–C) groups is 1. The first-order valence-corrected chi connectivity index (χ1v) is 8.20. The summed E-state index contributed by atoms with van der Waals surface area (Å²) in [6, 6.07) is 7.82. The van der Waals surface area contributed by atoms with Crippen LogP contribution in [0.15, 0.2) is 33.7 Å². The maximum atomic E-state index is 11.0. The summed E-state index contributed by atoms with van der Waals surface area (Å²) in [5.41, 5.74) is 5.16. The molecule has 4 N–H and O–H groups in total. The molecule has 1 amide bonds. The second-order valence-corrected chi connectivity index (χ2v) is 6.69. The molecular weight excluding hydrogens is 312 g/mol. The molecule has 0 radical (unpaired) electrons. The van der Waals surface area contributed by atoms with Gasteiger partial charge in [-0.2, -0.15) is 0 Å². The molecule has 2 aromatic rings. The number of carbonyl (C=O) groups excluding carboxylic acids is 1. The molecule has 23 heavy (non-hydrogen) atoms. The smallest absolute Gasteiger partial charge is 0.284 e. The summed E-state index contributed by atoms with van der Waals surface area (Å²) in [5, 5.41) is 6.49. The summed E-state index contributed by atoms with van der Waals surface area (Å²) in [4.78, 5) is 17.9. The average Bonchev–Trinajstić information content (AvgIpc) is 3.12. The van der Waals surface area contributed by atoms with Gasteiger partial charge in [-0.3, -0.25) is 9.79 Å². The number of hydrogen-bond acceptors (Lipinski definition) is 4. The zero-order chi connectivity index (χ0) is 16.8. The number of nitrogens with one attached hydrogen (secondary N) is 2. The third-order valence-corrected chi connectivity index (χ3v) is 4.27. The number of primary amides is 1. The van der Waals surface area contributed by atoms with Crippen molar-refractivity contribution in [3.05, 3.63) is 45.5 Å². The van der Waals surface area contributed by atoms with Gasteiger partial charge >= 0.3 is 0 Å². The highest BCUT2D eigenvalue weighted by atomic mass is 32.1. The second kappa shape index (κ2) is 7.82. The minimum absolute atomic E-state index is 0.158. The number of furan rings is 1. The molecule has 0 spiro atoms. The minimum atomic E-state index is -0.571. The van der Waals surface area contributed by atoms with E-state index in [1.165, 1.54) is 9.75 Å². The van der Waals surface area contributed by atoms with Gasteiger partial charge in [0.1, 0.15) is 5.76 Å². The number of aryl methyl sites for hydroxylation is 1. The van der Waals surface area contributed by atoms with Crippen molar-refractivity contribution in [3.63, 3.8) is 0 Å². The number of nitrogens with two attached hydrogens (primary N) is 1. The van der Waals surface area contributed by atoms with Crippen molar-refractivity contribution in [3.8, 4) is 0 Å². The van der Waals surface area contributed by atoms with Crippen LogP contribution in [0.25, 0.3) is 0 Å². The monoisotopic (exact) mass is 334 g/mol. The largest absolute Gasteiger partial charge is 0.454 e. The first kappa shape index (κ1) is 17.1. The normalized spacial score (nSPS) is 12.9. The van der Waals surface area contributed by atoms with Gasteiger partial charge in [0.2, 0.25) is 0 Å². The van der Waals surface area contributed by atoms with Crippen molar-refractivity contribution in [1.29, 1.82) is 0 Å². The Bertz CT molecular complexity index is 690. The van der Waals surface area contributed by atoms with E-state index in [2.05, 4.69) is 41.6 Å². The van der Waals surface area contributed by atoms with Gasteiger partial charge in [0, 0.05) is 29.3 Å². The van der Waals surface area contributed by atoms with Gasteiger partial charge in [-0.1, -0.05) is 0 Å². The molecule has 2 heterocycles. The van der Waals surface area contributed by atoms with Crippen LogP contribution < -0.4 is 16.4 Å². The zero-order valence-corrected chi connectivity index (χ0v) is 14.4. The zero-order valence-electron chi connectivity index (χ0n) is 13.6. The molecule has 2 aromatic heterocycles. The van der Waals surface area contributed by atoms with E-state index in [-0.39, 0.29) is 11.8 Å². The fraction of sp³-hybridized carbons (Fsp3) is 0.375. The molecule has 124 valence electrons. The predicted octanol–water partition coefficient (Wildman–Crippen LogP) is 2.04. The Labute approximate surface area is 139 Å². The van der Waals surface area contributed by atoms with E-state index < -0.39 is 5.91 Å². The average molecular weight is 334 g/mol. The van der Waals surface area contributed by atoms with Gasteiger partial charge in [0.05, 0.1) is 6.54 Å². The van der Waals surface area contributed by atoms with E-state index in [1.807, 2.05) is 11.3 Å². The fourth-order valence-corrected chi connectivity index (χ4v) is 3.17. The molecule has 1 unspecified atom stereocenters. The van der Waals surface area contributed by atoms with Crippen LogP contribution in [0.4, 0.5) is 0 Å². The van der Waals surface area contributed by atoms with Gasteiger partial charge in [0.15, 0.2) is 11.7 Å². The van der Waals surface area contributed by atoms with Crippen LogP contribution in [0.1, 0.15) is 33.0 Å². The number of nitrogens with zero attached hydrogens (tertiary/aromatic N) is 1. The van der Waals surface area contributed by atoms with E-state index in [0.717, 1.165) is 6.42 Å². The Balaban J connectivity index is 1.83. The topological polar surface area (TPSA) is 92.6 Å². The molecule has 6 nitrogen and oxygen atoms in total. The Hall–Kier alpha value is -2.28. The lowest BCUT2D eigenvalue weighted by Gasteiger charge is -2.17. The summed E-state index contributed by atoms with van der Waals surface area (Å²) in [6.45, 7) is 4.65. The lowest BCUT2D eigenvalue weighted by atomic mass is 10.2. The fourth-order valence-electron chi connectivity index (χ4n) is 2.15. The van der Waals surface area contributed by atoms with E-state index in [4.69, 9.17) is 10.2 Å². The molecule has 0 saturated carbocycles. The molecule has 7 heteroatoms. The van der Waals surface area contributed by atoms with Crippen LogP contribution in [0.3, 0.4) is 0 Å². The second-order valence-electron chi connectivity index (χ2n) is 5.32. The van der Waals surface area contributed by atoms with Crippen molar-refractivity contribution in [2.24, 2.45) is 10.7 Å². The molecular formula is C16H22N4O2S. The Morgan fingerprint density at radius 1 is 1.39 bits per heavy atom. The quantitative estimate of drug-likeness (QED) is 0.557. The molecule has 0 aliphatic heterocycles. The number of rotatable bonds is 6. The summed E-state index contributed by atoms with van der Waals surface area (Å²) < 4.78 is 5.33. The Morgan fingerprint density at radius 2 is 2.17 bits per heavy atom. The number of carbonyl (C=O) groups is 1. The third-order valence-electron chi connectivity index (χ3n) is 3.24. The number of amides is 1. The van der Waals surface area contributed by atoms with Crippen LogP contribution in [-0.2, 0) is 13.0 Å². The lowest BCUT2D eigenvalue weighted by molar-refractivity contribution is 0.0972. The van der Waals surface area contributed by atoms with Gasteiger partial charge in [0.25, 0.3) is 5.91 Å². The van der Waals surface area contributed by atoms with Crippen LogP contribution >= 0.6 is 11.3 Å². The summed E-state index contributed by atoms with van der Waals surface area (Å²) >= 11 is 1.81. The maximum absolute atomic E-state index is 11.0. The number of guanidine groups is 1. The highest BCUT2D eigenvalue weighted by Crippen LogP contribution is 2.16. The summed E-state index contributed by atoms with van der Waals surface area (Å²) in [6.07, 6.45) is 0.936. The highest BCUT2D eigenvalue weighted by molar-refractivity contribution is 7.11. The molecule has 0 aliphatic rings. The maximum Gasteiger partial charge on any atom is 0.284 e. The molecule has 0 saturated heterocycles. The first-order valence-electron chi connectivity index (χ1n) is 7.39. The van der Waals surface area contributed by atoms with Gasteiger partial charge in [-0.25, -0.2) is 0 Å².